The molecule has 0 saturated heterocycles. The number of nitrogens with one attached hydrogen (secondary N) is 1. The maximum absolute atomic E-state index is 13.7. The molecule has 0 aliphatic heterocycles. The van der Waals surface area contributed by atoms with Crippen molar-refractivity contribution in [2.75, 3.05) is 11.9 Å². The molecule has 7 heteroatoms. The summed E-state index contributed by atoms with van der Waals surface area (Å²) in [6.07, 6.45) is 3.50. The summed E-state index contributed by atoms with van der Waals surface area (Å²) < 4.78 is 14.3. The summed E-state index contributed by atoms with van der Waals surface area (Å²) in [5.41, 5.74) is 0.0303. The van der Waals surface area contributed by atoms with Crippen molar-refractivity contribution in [2.24, 2.45) is 0 Å². The summed E-state index contributed by atoms with van der Waals surface area (Å²) in [5, 5.41) is 11.4. The van der Waals surface area contributed by atoms with Gasteiger partial charge in [0.1, 0.15) is 12.4 Å². The number of amides is 2. The van der Waals surface area contributed by atoms with Crippen molar-refractivity contribution in [2.45, 2.75) is 31.7 Å². The number of aliphatic carboxylic acids is 1. The molecule has 0 atom stereocenters. The maximum atomic E-state index is 13.7. The first-order chi connectivity index (χ1) is 9.97. The molecule has 21 heavy (non-hydrogen) atoms. The summed E-state index contributed by atoms with van der Waals surface area (Å²) >= 11 is 3.20. The number of carbonyl (C=O) groups is 2. The summed E-state index contributed by atoms with van der Waals surface area (Å²) in [5.74, 6) is -1.64. The third-order valence-corrected chi connectivity index (χ3v) is 4.00. The Hall–Kier alpha value is -1.63. The topological polar surface area (TPSA) is 69.6 Å². The highest BCUT2D eigenvalue weighted by molar-refractivity contribution is 9.10. The number of halogens is 2. The standard InChI is InChI=1S/C14H16BrFN2O3/c15-9-5-6-11(16)12(7-9)17-14(21)18(8-13(19)20)10-3-1-2-4-10/h5-7,10H,1-4,8H2,(H,17,21)(H,19,20). The molecule has 2 N–H and O–H groups in total. The van der Waals surface area contributed by atoms with Crippen molar-refractivity contribution in [1.82, 2.24) is 4.90 Å². The highest BCUT2D eigenvalue weighted by Crippen LogP contribution is 2.25. The lowest BCUT2D eigenvalue weighted by atomic mass is 10.2. The Morgan fingerprint density at radius 1 is 1.38 bits per heavy atom. The van der Waals surface area contributed by atoms with E-state index >= 15 is 0 Å². The van der Waals surface area contributed by atoms with Crippen LogP contribution in [0.2, 0.25) is 0 Å². The summed E-state index contributed by atoms with van der Waals surface area (Å²) in [4.78, 5) is 24.5. The first-order valence-electron chi connectivity index (χ1n) is 6.72. The molecule has 1 aromatic rings. The minimum absolute atomic E-state index is 0.0303. The number of carboxylic acids is 1. The molecule has 1 fully saturated rings. The molecule has 114 valence electrons. The van der Waals surface area contributed by atoms with E-state index in [-0.39, 0.29) is 18.3 Å². The summed E-state index contributed by atoms with van der Waals surface area (Å²) in [7, 11) is 0. The van der Waals surface area contributed by atoms with Crippen LogP contribution in [0.5, 0.6) is 0 Å². The zero-order valence-corrected chi connectivity index (χ0v) is 12.9. The van der Waals surface area contributed by atoms with Crippen LogP contribution in [0, 0.1) is 5.82 Å². The van der Waals surface area contributed by atoms with Crippen molar-refractivity contribution in [3.63, 3.8) is 0 Å². The molecule has 1 aromatic carbocycles. The Kier molecular flexibility index (Phi) is 5.17. The Bertz CT molecular complexity index is 547. The van der Waals surface area contributed by atoms with Crippen molar-refractivity contribution in [3.8, 4) is 0 Å². The number of hydrogen-bond donors (Lipinski definition) is 2. The molecule has 2 rings (SSSR count). The monoisotopic (exact) mass is 358 g/mol. The lowest BCUT2D eigenvalue weighted by Crippen LogP contribution is -2.44. The number of carbonyl (C=O) groups excluding carboxylic acids is 1. The molecule has 0 bridgehead atoms. The second-order valence-corrected chi connectivity index (χ2v) is 5.93. The minimum Gasteiger partial charge on any atom is -0.480 e. The molecule has 0 unspecified atom stereocenters. The van der Waals surface area contributed by atoms with Crippen LogP contribution in [0.25, 0.3) is 0 Å². The fraction of sp³-hybridized carbons (Fsp3) is 0.429. The van der Waals surface area contributed by atoms with Crippen LogP contribution in [0.1, 0.15) is 25.7 Å². The third kappa shape index (κ3) is 4.17. The van der Waals surface area contributed by atoms with Gasteiger partial charge in [0.15, 0.2) is 0 Å². The number of carboxylic acid groups (broad SMARTS) is 1. The first-order valence-corrected chi connectivity index (χ1v) is 7.51. The van der Waals surface area contributed by atoms with Crippen molar-refractivity contribution >= 4 is 33.6 Å². The van der Waals surface area contributed by atoms with E-state index in [0.717, 1.165) is 25.7 Å². The van der Waals surface area contributed by atoms with Crippen LogP contribution in [0.4, 0.5) is 14.9 Å². The van der Waals surface area contributed by atoms with Gasteiger partial charge >= 0.3 is 12.0 Å². The van der Waals surface area contributed by atoms with E-state index in [1.165, 1.54) is 23.1 Å². The number of hydrogen-bond acceptors (Lipinski definition) is 2. The molecule has 2 amide bonds. The van der Waals surface area contributed by atoms with Gasteiger partial charge < -0.3 is 15.3 Å². The van der Waals surface area contributed by atoms with E-state index in [2.05, 4.69) is 21.2 Å². The molecule has 0 radical (unpaired) electrons. The molecule has 5 nitrogen and oxygen atoms in total. The summed E-state index contributed by atoms with van der Waals surface area (Å²) in [6.45, 7) is -0.383. The lowest BCUT2D eigenvalue weighted by molar-refractivity contribution is -0.138. The number of benzene rings is 1. The Balaban J connectivity index is 2.13. The fourth-order valence-electron chi connectivity index (χ4n) is 2.51. The predicted molar refractivity (Wildman–Crippen MR) is 79.7 cm³/mol. The fourth-order valence-corrected chi connectivity index (χ4v) is 2.87. The highest BCUT2D eigenvalue weighted by atomic mass is 79.9. The zero-order chi connectivity index (χ0) is 15.4. The lowest BCUT2D eigenvalue weighted by Gasteiger charge is -2.27. The van der Waals surface area contributed by atoms with Crippen molar-refractivity contribution < 1.29 is 19.1 Å². The number of urea groups is 1. The maximum Gasteiger partial charge on any atom is 0.323 e. The average Bonchev–Trinajstić information content (AvgIpc) is 2.93. The van der Waals surface area contributed by atoms with Gasteiger partial charge in [-0.05, 0) is 31.0 Å². The van der Waals surface area contributed by atoms with E-state index in [4.69, 9.17) is 5.11 Å². The predicted octanol–water partition coefficient (Wildman–Crippen LogP) is 3.45. The second kappa shape index (κ2) is 6.89. The average molecular weight is 359 g/mol. The second-order valence-electron chi connectivity index (χ2n) is 5.01. The molecule has 1 saturated carbocycles. The van der Waals surface area contributed by atoms with Gasteiger partial charge in [-0.25, -0.2) is 9.18 Å². The summed E-state index contributed by atoms with van der Waals surface area (Å²) in [6, 6.07) is 3.52. The van der Waals surface area contributed by atoms with Crippen LogP contribution < -0.4 is 5.32 Å². The minimum atomic E-state index is -1.08. The smallest absolute Gasteiger partial charge is 0.323 e. The van der Waals surface area contributed by atoms with Gasteiger partial charge in [0.2, 0.25) is 0 Å². The Labute approximate surface area is 130 Å². The Morgan fingerprint density at radius 2 is 2.05 bits per heavy atom. The molecule has 0 spiro atoms. The van der Waals surface area contributed by atoms with Gasteiger partial charge in [0.25, 0.3) is 0 Å². The first kappa shape index (κ1) is 15.8. The molecule has 1 aliphatic rings. The normalized spacial score (nSPS) is 15.0. The van der Waals surface area contributed by atoms with E-state index < -0.39 is 17.8 Å². The van der Waals surface area contributed by atoms with Gasteiger partial charge in [0.05, 0.1) is 5.69 Å². The van der Waals surface area contributed by atoms with Crippen molar-refractivity contribution in [1.29, 1.82) is 0 Å². The molecular weight excluding hydrogens is 343 g/mol. The quantitative estimate of drug-likeness (QED) is 0.865. The molecule has 1 aliphatic carbocycles. The highest BCUT2D eigenvalue weighted by Gasteiger charge is 2.28. The zero-order valence-electron chi connectivity index (χ0n) is 11.3. The number of rotatable bonds is 4. The SMILES string of the molecule is O=C(O)CN(C(=O)Nc1cc(Br)ccc1F)C1CCCC1. The molecule has 0 aromatic heterocycles. The van der Waals surface area contributed by atoms with E-state index in [0.29, 0.717) is 4.47 Å². The van der Waals surface area contributed by atoms with Gasteiger partial charge in [-0.2, -0.15) is 0 Å². The number of nitrogens with zero attached hydrogens (tertiary/aromatic N) is 1. The van der Waals surface area contributed by atoms with E-state index in [1.54, 1.807) is 0 Å². The largest absolute Gasteiger partial charge is 0.480 e. The molecular formula is C14H16BrFN2O3. The van der Waals surface area contributed by atoms with Crippen LogP contribution >= 0.6 is 15.9 Å². The van der Waals surface area contributed by atoms with E-state index in [1.807, 2.05) is 0 Å². The third-order valence-electron chi connectivity index (χ3n) is 3.50. The van der Waals surface area contributed by atoms with Gasteiger partial charge in [-0.1, -0.05) is 28.8 Å². The van der Waals surface area contributed by atoms with E-state index in [9.17, 15) is 14.0 Å². The van der Waals surface area contributed by atoms with Gasteiger partial charge in [-0.15, -0.1) is 0 Å². The van der Waals surface area contributed by atoms with Crippen LogP contribution in [0.15, 0.2) is 22.7 Å². The van der Waals surface area contributed by atoms with Crippen LogP contribution in [0.3, 0.4) is 0 Å². The Morgan fingerprint density at radius 3 is 2.67 bits per heavy atom. The van der Waals surface area contributed by atoms with Gasteiger partial charge in [-0.3, -0.25) is 4.79 Å². The van der Waals surface area contributed by atoms with Crippen molar-refractivity contribution in [3.05, 3.63) is 28.5 Å². The van der Waals surface area contributed by atoms with Crippen LogP contribution in [-0.4, -0.2) is 34.6 Å². The number of anilines is 1. The molecule has 0 heterocycles. The van der Waals surface area contributed by atoms with Gasteiger partial charge in [0, 0.05) is 10.5 Å². The van der Waals surface area contributed by atoms with Crippen LogP contribution in [-0.2, 0) is 4.79 Å².